The highest BCUT2D eigenvalue weighted by Crippen LogP contribution is 2.20. The van der Waals surface area contributed by atoms with E-state index in [2.05, 4.69) is 41.7 Å². The van der Waals surface area contributed by atoms with Gasteiger partial charge in [-0.2, -0.15) is 5.10 Å². The Labute approximate surface area is 101 Å². The maximum Gasteiger partial charge on any atom is 0.159 e. The van der Waals surface area contributed by atoms with E-state index in [4.69, 9.17) is 4.74 Å². The van der Waals surface area contributed by atoms with Crippen molar-refractivity contribution < 1.29 is 4.74 Å². The third kappa shape index (κ3) is 1.78. The molecule has 1 saturated heterocycles. The maximum absolute atomic E-state index is 5.39. The molecule has 1 fully saturated rings. The number of aryl methyl sites for hydroxylation is 2. The Kier molecular flexibility index (Phi) is 2.52. The molecule has 0 N–H and O–H groups in total. The predicted molar refractivity (Wildman–Crippen MR) is 65.5 cm³/mol. The van der Waals surface area contributed by atoms with Crippen LogP contribution < -0.4 is 0 Å². The number of rotatable bonds is 2. The molecule has 0 bridgehead atoms. The van der Waals surface area contributed by atoms with Crippen LogP contribution in [0.15, 0.2) is 24.4 Å². The van der Waals surface area contributed by atoms with Crippen LogP contribution in [0.25, 0.3) is 5.82 Å². The molecule has 0 radical (unpaired) electrons. The second-order valence-electron chi connectivity index (χ2n) is 4.62. The van der Waals surface area contributed by atoms with Crippen molar-refractivity contribution in [1.82, 2.24) is 14.3 Å². The van der Waals surface area contributed by atoms with Crippen LogP contribution in [0.3, 0.4) is 0 Å². The largest absolute Gasteiger partial charge is 0.379 e. The maximum atomic E-state index is 5.39. The van der Waals surface area contributed by atoms with E-state index in [-0.39, 0.29) is 0 Å². The number of nitrogens with zero attached hydrogens (tertiary/aromatic N) is 3. The molecule has 0 unspecified atom stereocenters. The monoisotopic (exact) mass is 231 g/mol. The molecule has 90 valence electrons. The van der Waals surface area contributed by atoms with Crippen molar-refractivity contribution in [1.29, 1.82) is 0 Å². The molecule has 1 atom stereocenters. The van der Waals surface area contributed by atoms with E-state index in [0.717, 1.165) is 25.5 Å². The van der Waals surface area contributed by atoms with Crippen LogP contribution in [-0.2, 0) is 4.74 Å². The first-order valence-corrected chi connectivity index (χ1v) is 6.04. The lowest BCUT2D eigenvalue weighted by Gasteiger charge is -2.08. The lowest BCUT2D eigenvalue weighted by Crippen LogP contribution is -2.10. The SMILES string of the molecule is Cc1ccc(C)n1-c1ccn([C@H]2CCOC2)n1. The van der Waals surface area contributed by atoms with Crippen molar-refractivity contribution in [3.63, 3.8) is 0 Å². The summed E-state index contributed by atoms with van der Waals surface area (Å²) in [4.78, 5) is 0. The number of hydrogen-bond acceptors (Lipinski definition) is 2. The Bertz CT molecular complexity index is 501. The topological polar surface area (TPSA) is 32.0 Å². The summed E-state index contributed by atoms with van der Waals surface area (Å²) in [5, 5.41) is 4.66. The van der Waals surface area contributed by atoms with Crippen molar-refractivity contribution in [2.45, 2.75) is 26.3 Å². The highest BCUT2D eigenvalue weighted by atomic mass is 16.5. The minimum absolute atomic E-state index is 0.403. The molecule has 1 aliphatic heterocycles. The molecule has 3 heterocycles. The van der Waals surface area contributed by atoms with Crippen LogP contribution in [0, 0.1) is 13.8 Å². The van der Waals surface area contributed by atoms with E-state index in [0.29, 0.717) is 6.04 Å². The second kappa shape index (κ2) is 4.04. The summed E-state index contributed by atoms with van der Waals surface area (Å²) in [6, 6.07) is 6.71. The Hall–Kier alpha value is -1.55. The van der Waals surface area contributed by atoms with Gasteiger partial charge >= 0.3 is 0 Å². The van der Waals surface area contributed by atoms with Crippen LogP contribution in [0.2, 0.25) is 0 Å². The van der Waals surface area contributed by atoms with Crippen molar-refractivity contribution in [2.75, 3.05) is 13.2 Å². The molecule has 17 heavy (non-hydrogen) atoms. The number of ether oxygens (including phenoxy) is 1. The van der Waals surface area contributed by atoms with Crippen LogP contribution >= 0.6 is 0 Å². The standard InChI is InChI=1S/C13H17N3O/c1-10-3-4-11(2)16(10)13-5-7-15(14-13)12-6-8-17-9-12/h3-5,7,12H,6,8-9H2,1-2H3/t12-/m0/s1. The molecule has 1 aliphatic rings. The van der Waals surface area contributed by atoms with Gasteiger partial charge < -0.3 is 9.30 Å². The minimum Gasteiger partial charge on any atom is -0.379 e. The molecular formula is C13H17N3O. The van der Waals surface area contributed by atoms with Crippen molar-refractivity contribution in [3.05, 3.63) is 35.8 Å². The zero-order valence-electron chi connectivity index (χ0n) is 10.3. The summed E-state index contributed by atoms with van der Waals surface area (Å²) in [6.45, 7) is 5.83. The molecule has 0 aromatic carbocycles. The van der Waals surface area contributed by atoms with E-state index in [9.17, 15) is 0 Å². The van der Waals surface area contributed by atoms with Gasteiger partial charge in [-0.05, 0) is 32.4 Å². The normalized spacial score (nSPS) is 20.0. The van der Waals surface area contributed by atoms with Gasteiger partial charge in [-0.3, -0.25) is 4.68 Å². The third-order valence-corrected chi connectivity index (χ3v) is 3.37. The van der Waals surface area contributed by atoms with Gasteiger partial charge in [0.2, 0.25) is 0 Å². The first-order valence-electron chi connectivity index (χ1n) is 6.04. The average molecular weight is 231 g/mol. The number of aromatic nitrogens is 3. The van der Waals surface area contributed by atoms with E-state index in [1.54, 1.807) is 0 Å². The summed E-state index contributed by atoms with van der Waals surface area (Å²) < 4.78 is 9.59. The Morgan fingerprint density at radius 2 is 2.00 bits per heavy atom. The average Bonchev–Trinajstić information content (AvgIpc) is 2.98. The van der Waals surface area contributed by atoms with Gasteiger partial charge in [0, 0.05) is 30.3 Å². The van der Waals surface area contributed by atoms with E-state index >= 15 is 0 Å². The quantitative estimate of drug-likeness (QED) is 0.794. The van der Waals surface area contributed by atoms with Crippen LogP contribution in [0.5, 0.6) is 0 Å². The van der Waals surface area contributed by atoms with Gasteiger partial charge in [-0.25, -0.2) is 0 Å². The molecule has 4 nitrogen and oxygen atoms in total. The van der Waals surface area contributed by atoms with Gasteiger partial charge in [0.1, 0.15) is 0 Å². The lowest BCUT2D eigenvalue weighted by molar-refractivity contribution is 0.184. The first-order chi connectivity index (χ1) is 8.25. The van der Waals surface area contributed by atoms with E-state index < -0.39 is 0 Å². The van der Waals surface area contributed by atoms with Crippen molar-refractivity contribution >= 4 is 0 Å². The van der Waals surface area contributed by atoms with Gasteiger partial charge in [-0.15, -0.1) is 0 Å². The van der Waals surface area contributed by atoms with Gasteiger partial charge in [0.15, 0.2) is 5.82 Å². The number of hydrogen-bond donors (Lipinski definition) is 0. The fourth-order valence-corrected chi connectivity index (χ4v) is 2.41. The van der Waals surface area contributed by atoms with Crippen molar-refractivity contribution in [2.24, 2.45) is 0 Å². The predicted octanol–water partition coefficient (Wildman–Crippen LogP) is 2.25. The molecule has 0 amide bonds. The molecule has 0 spiro atoms. The minimum atomic E-state index is 0.403. The Morgan fingerprint density at radius 3 is 2.65 bits per heavy atom. The molecule has 0 aliphatic carbocycles. The van der Waals surface area contributed by atoms with E-state index in [1.807, 2.05) is 10.9 Å². The molecule has 4 heteroatoms. The zero-order valence-corrected chi connectivity index (χ0v) is 10.3. The molecule has 0 saturated carbocycles. The van der Waals surface area contributed by atoms with Crippen molar-refractivity contribution in [3.8, 4) is 5.82 Å². The van der Waals surface area contributed by atoms with Gasteiger partial charge in [0.25, 0.3) is 0 Å². The van der Waals surface area contributed by atoms with Crippen LogP contribution in [-0.4, -0.2) is 27.6 Å². The zero-order chi connectivity index (χ0) is 11.8. The molecular weight excluding hydrogens is 214 g/mol. The van der Waals surface area contributed by atoms with Gasteiger partial charge in [0.05, 0.1) is 12.6 Å². The Balaban J connectivity index is 1.94. The first kappa shape index (κ1) is 10.6. The van der Waals surface area contributed by atoms with Crippen LogP contribution in [0.4, 0.5) is 0 Å². The summed E-state index contributed by atoms with van der Waals surface area (Å²) in [7, 11) is 0. The summed E-state index contributed by atoms with van der Waals surface area (Å²) in [5.41, 5.74) is 2.44. The van der Waals surface area contributed by atoms with Crippen LogP contribution in [0.1, 0.15) is 23.9 Å². The summed E-state index contributed by atoms with van der Waals surface area (Å²) in [5.74, 6) is 0.997. The molecule has 3 rings (SSSR count). The summed E-state index contributed by atoms with van der Waals surface area (Å²) >= 11 is 0. The fourth-order valence-electron chi connectivity index (χ4n) is 2.41. The highest BCUT2D eigenvalue weighted by molar-refractivity contribution is 5.30. The molecule has 2 aromatic heterocycles. The smallest absolute Gasteiger partial charge is 0.159 e. The van der Waals surface area contributed by atoms with E-state index in [1.165, 1.54) is 11.4 Å². The summed E-state index contributed by atoms with van der Waals surface area (Å²) in [6.07, 6.45) is 3.11. The fraction of sp³-hybridized carbons (Fsp3) is 0.462. The lowest BCUT2D eigenvalue weighted by atomic mass is 10.3. The third-order valence-electron chi connectivity index (χ3n) is 3.37. The highest BCUT2D eigenvalue weighted by Gasteiger charge is 2.18. The second-order valence-corrected chi connectivity index (χ2v) is 4.62. The van der Waals surface area contributed by atoms with Gasteiger partial charge in [-0.1, -0.05) is 0 Å². The molecule has 2 aromatic rings. The Morgan fingerprint density at radius 1 is 1.24 bits per heavy atom.